The van der Waals surface area contributed by atoms with E-state index in [-0.39, 0.29) is 24.1 Å². The lowest BCUT2D eigenvalue weighted by Gasteiger charge is -2.05. The zero-order valence-corrected chi connectivity index (χ0v) is 9.03. The largest absolute Gasteiger partial charge is 0.441 e. The minimum atomic E-state index is -4.15. The van der Waals surface area contributed by atoms with Crippen LogP contribution in [0.15, 0.2) is 12.3 Å². The molecule has 0 aromatic carbocycles. The molecule has 0 bridgehead atoms. The van der Waals surface area contributed by atoms with Crippen LogP contribution in [0.2, 0.25) is 0 Å². The second-order valence-electron chi connectivity index (χ2n) is 2.89. The molecular formula is C8H12F3N3S. The lowest BCUT2D eigenvalue weighted by atomic mass is 10.4. The predicted octanol–water partition coefficient (Wildman–Crippen LogP) is 1.86. The third-order valence-electron chi connectivity index (χ3n) is 1.64. The third kappa shape index (κ3) is 5.08. The van der Waals surface area contributed by atoms with Crippen molar-refractivity contribution in [2.24, 2.45) is 0 Å². The van der Waals surface area contributed by atoms with Crippen molar-refractivity contribution in [2.45, 2.75) is 18.6 Å². The van der Waals surface area contributed by atoms with Gasteiger partial charge < -0.3 is 5.32 Å². The van der Waals surface area contributed by atoms with Gasteiger partial charge in [0.2, 0.25) is 0 Å². The fraction of sp³-hybridized carbons (Fsp3) is 0.625. The molecule has 1 aromatic rings. The molecule has 1 heterocycles. The van der Waals surface area contributed by atoms with Crippen LogP contribution in [0.4, 0.5) is 13.2 Å². The number of aryl methyl sites for hydroxylation is 1. The summed E-state index contributed by atoms with van der Waals surface area (Å²) in [6.45, 7) is 0.896. The first-order valence-electron chi connectivity index (χ1n) is 4.39. The third-order valence-corrected chi connectivity index (χ3v) is 2.35. The summed E-state index contributed by atoms with van der Waals surface area (Å²) in [5.41, 5.74) is -3.32. The van der Waals surface area contributed by atoms with E-state index in [1.54, 1.807) is 19.3 Å². The van der Waals surface area contributed by atoms with Crippen LogP contribution in [0.25, 0.3) is 0 Å². The van der Waals surface area contributed by atoms with Crippen molar-refractivity contribution in [2.75, 3.05) is 12.8 Å². The number of nitrogens with zero attached hydrogens (tertiary/aromatic N) is 2. The van der Waals surface area contributed by atoms with Gasteiger partial charge in [-0.1, -0.05) is 0 Å². The van der Waals surface area contributed by atoms with Crippen molar-refractivity contribution in [3.8, 4) is 0 Å². The monoisotopic (exact) mass is 239 g/mol. The molecule has 7 heteroatoms. The van der Waals surface area contributed by atoms with Crippen molar-refractivity contribution in [3.05, 3.63) is 18.0 Å². The topological polar surface area (TPSA) is 29.9 Å². The zero-order chi connectivity index (χ0) is 11.3. The second-order valence-corrected chi connectivity index (χ2v) is 4.05. The maximum Gasteiger partial charge on any atom is 0.441 e. The van der Waals surface area contributed by atoms with Gasteiger partial charge in [-0.3, -0.25) is 4.68 Å². The van der Waals surface area contributed by atoms with Gasteiger partial charge in [0.15, 0.2) is 0 Å². The Hall–Kier alpha value is -0.690. The van der Waals surface area contributed by atoms with Gasteiger partial charge in [-0.25, -0.2) is 0 Å². The highest BCUT2D eigenvalue weighted by Gasteiger charge is 2.27. The first-order valence-corrected chi connectivity index (χ1v) is 5.37. The SMILES string of the molecule is CNCc1ccn(CCSC(F)(F)F)n1. The van der Waals surface area contributed by atoms with Gasteiger partial charge in [0.05, 0.1) is 12.2 Å². The molecule has 1 aromatic heterocycles. The normalized spacial score (nSPS) is 12.0. The average molecular weight is 239 g/mol. The molecule has 0 radical (unpaired) electrons. The minimum absolute atomic E-state index is 0.00975. The van der Waals surface area contributed by atoms with Gasteiger partial charge >= 0.3 is 5.51 Å². The molecule has 0 aliphatic heterocycles. The molecule has 86 valence electrons. The fourth-order valence-corrected chi connectivity index (χ4v) is 1.57. The molecule has 3 nitrogen and oxygen atoms in total. The number of halogens is 3. The molecule has 15 heavy (non-hydrogen) atoms. The number of rotatable bonds is 5. The molecule has 0 atom stereocenters. The molecule has 0 amide bonds. The molecule has 0 saturated carbocycles. The first kappa shape index (κ1) is 12.4. The predicted molar refractivity (Wildman–Crippen MR) is 53.5 cm³/mol. The van der Waals surface area contributed by atoms with Gasteiger partial charge in [0.25, 0.3) is 0 Å². The minimum Gasteiger partial charge on any atom is -0.314 e. The van der Waals surface area contributed by atoms with E-state index in [9.17, 15) is 13.2 Å². The molecule has 0 spiro atoms. The number of hydrogen-bond donors (Lipinski definition) is 1. The van der Waals surface area contributed by atoms with Gasteiger partial charge in [0, 0.05) is 18.5 Å². The van der Waals surface area contributed by atoms with E-state index in [0.717, 1.165) is 5.69 Å². The van der Waals surface area contributed by atoms with Crippen LogP contribution in [0.5, 0.6) is 0 Å². The average Bonchev–Trinajstić information content (AvgIpc) is 2.51. The highest BCUT2D eigenvalue weighted by Crippen LogP contribution is 2.29. The highest BCUT2D eigenvalue weighted by atomic mass is 32.2. The smallest absolute Gasteiger partial charge is 0.314 e. The molecule has 0 fully saturated rings. The summed E-state index contributed by atoms with van der Waals surface area (Å²) in [4.78, 5) is 0. The molecule has 1 rings (SSSR count). The zero-order valence-electron chi connectivity index (χ0n) is 8.21. The number of hydrogen-bond acceptors (Lipinski definition) is 3. The van der Waals surface area contributed by atoms with Crippen molar-refractivity contribution < 1.29 is 13.2 Å². The van der Waals surface area contributed by atoms with E-state index in [2.05, 4.69) is 10.4 Å². The van der Waals surface area contributed by atoms with Crippen molar-refractivity contribution >= 4 is 11.8 Å². The molecule has 0 saturated heterocycles. The van der Waals surface area contributed by atoms with Crippen LogP contribution >= 0.6 is 11.8 Å². The van der Waals surface area contributed by atoms with Crippen LogP contribution in [-0.2, 0) is 13.1 Å². The fourth-order valence-electron chi connectivity index (χ4n) is 1.06. The Morgan fingerprint density at radius 2 is 2.27 bits per heavy atom. The van der Waals surface area contributed by atoms with E-state index >= 15 is 0 Å². The van der Waals surface area contributed by atoms with Crippen LogP contribution < -0.4 is 5.32 Å². The summed E-state index contributed by atoms with van der Waals surface area (Å²) in [6.07, 6.45) is 1.68. The number of aromatic nitrogens is 2. The van der Waals surface area contributed by atoms with Crippen LogP contribution in [0.1, 0.15) is 5.69 Å². The maximum atomic E-state index is 11.8. The Balaban J connectivity index is 2.31. The summed E-state index contributed by atoms with van der Waals surface area (Å²) < 4.78 is 36.9. The van der Waals surface area contributed by atoms with Crippen molar-refractivity contribution in [3.63, 3.8) is 0 Å². The van der Waals surface area contributed by atoms with E-state index < -0.39 is 5.51 Å². The molecule has 1 N–H and O–H groups in total. The number of nitrogens with one attached hydrogen (secondary N) is 1. The van der Waals surface area contributed by atoms with Gasteiger partial charge in [-0.15, -0.1) is 0 Å². The van der Waals surface area contributed by atoms with E-state index in [1.165, 1.54) is 4.68 Å². The van der Waals surface area contributed by atoms with Crippen LogP contribution in [0, 0.1) is 0 Å². The van der Waals surface area contributed by atoms with Crippen molar-refractivity contribution in [1.82, 2.24) is 15.1 Å². The Bertz CT molecular complexity index is 298. The van der Waals surface area contributed by atoms with Crippen LogP contribution in [0.3, 0.4) is 0 Å². The molecule has 0 aliphatic carbocycles. The summed E-state index contributed by atoms with van der Waals surface area (Å²) >= 11 is -0.0254. The summed E-state index contributed by atoms with van der Waals surface area (Å²) in [5, 5.41) is 7.01. The number of alkyl halides is 3. The summed E-state index contributed by atoms with van der Waals surface area (Å²) in [6, 6.07) is 1.79. The Labute approximate surface area is 90.0 Å². The summed E-state index contributed by atoms with van der Waals surface area (Å²) in [5.74, 6) is -0.00975. The molecule has 0 unspecified atom stereocenters. The van der Waals surface area contributed by atoms with Crippen molar-refractivity contribution in [1.29, 1.82) is 0 Å². The summed E-state index contributed by atoms with van der Waals surface area (Å²) in [7, 11) is 1.79. The molecular weight excluding hydrogens is 227 g/mol. The second kappa shape index (κ2) is 5.41. The lowest BCUT2D eigenvalue weighted by Crippen LogP contribution is -2.09. The molecule has 0 aliphatic rings. The Kier molecular flexibility index (Phi) is 4.46. The van der Waals surface area contributed by atoms with E-state index in [1.807, 2.05) is 0 Å². The first-order chi connectivity index (χ1) is 7.01. The standard InChI is InChI=1S/C8H12F3N3S/c1-12-6-7-2-3-14(13-7)4-5-15-8(9,10)11/h2-3,12H,4-6H2,1H3. The Morgan fingerprint density at radius 1 is 1.53 bits per heavy atom. The maximum absolute atomic E-state index is 11.8. The lowest BCUT2D eigenvalue weighted by molar-refractivity contribution is -0.0328. The number of thioether (sulfide) groups is 1. The highest BCUT2D eigenvalue weighted by molar-refractivity contribution is 8.00. The Morgan fingerprint density at radius 3 is 2.87 bits per heavy atom. The van der Waals surface area contributed by atoms with Crippen LogP contribution in [-0.4, -0.2) is 28.1 Å². The quantitative estimate of drug-likeness (QED) is 0.850. The van der Waals surface area contributed by atoms with E-state index in [4.69, 9.17) is 0 Å². The van der Waals surface area contributed by atoms with Gasteiger partial charge in [-0.2, -0.15) is 18.3 Å². The van der Waals surface area contributed by atoms with E-state index in [0.29, 0.717) is 6.54 Å². The van der Waals surface area contributed by atoms with Gasteiger partial charge in [0.1, 0.15) is 0 Å². The van der Waals surface area contributed by atoms with Gasteiger partial charge in [-0.05, 0) is 24.9 Å².